The molecule has 0 radical (unpaired) electrons. The molecule has 0 saturated carbocycles. The monoisotopic (exact) mass is 301 g/mol. The van der Waals surface area contributed by atoms with Gasteiger partial charge in [0, 0.05) is 43.8 Å². The highest BCUT2D eigenvalue weighted by Gasteiger charge is 2.32. The number of H-pyrrole nitrogens is 1. The van der Waals surface area contributed by atoms with Crippen molar-refractivity contribution in [3.05, 3.63) is 41.0 Å². The van der Waals surface area contributed by atoms with Crippen LogP contribution in [0.25, 0.3) is 0 Å². The van der Waals surface area contributed by atoms with Crippen LogP contribution >= 0.6 is 0 Å². The lowest BCUT2D eigenvalue weighted by Crippen LogP contribution is -2.39. The van der Waals surface area contributed by atoms with Crippen LogP contribution in [0, 0.1) is 13.8 Å². The van der Waals surface area contributed by atoms with Crippen LogP contribution in [-0.2, 0) is 13.6 Å². The summed E-state index contributed by atoms with van der Waals surface area (Å²) < 4.78 is 1.98. The summed E-state index contributed by atoms with van der Waals surface area (Å²) in [7, 11) is 1.98. The van der Waals surface area contributed by atoms with Crippen LogP contribution in [0.5, 0.6) is 0 Å². The molecule has 0 spiro atoms. The number of hydrogen-bond donors (Lipinski definition) is 2. The van der Waals surface area contributed by atoms with E-state index in [-0.39, 0.29) is 12.1 Å². The Labute approximate surface area is 130 Å². The fraction of sp³-hybridized carbons (Fsp3) is 0.500. The molecule has 118 valence electrons. The molecule has 2 aromatic rings. The molecule has 1 atom stereocenters. The number of aromatic nitrogens is 3. The van der Waals surface area contributed by atoms with Crippen molar-refractivity contribution in [1.29, 1.82) is 0 Å². The van der Waals surface area contributed by atoms with Crippen LogP contribution in [0.2, 0.25) is 0 Å². The van der Waals surface area contributed by atoms with E-state index in [1.54, 1.807) is 0 Å². The van der Waals surface area contributed by atoms with Crippen molar-refractivity contribution in [2.24, 2.45) is 7.05 Å². The third-order valence-corrected chi connectivity index (χ3v) is 4.37. The van der Waals surface area contributed by atoms with Crippen molar-refractivity contribution < 1.29 is 4.79 Å². The normalized spacial score (nSPS) is 18.0. The third kappa shape index (κ3) is 2.73. The first kappa shape index (κ1) is 14.7. The van der Waals surface area contributed by atoms with Crippen molar-refractivity contribution in [3.63, 3.8) is 0 Å². The molecule has 6 heteroatoms. The topological polar surface area (TPSA) is 66.0 Å². The molecule has 1 aliphatic rings. The average Bonchev–Trinajstić information content (AvgIpc) is 3.18. The molecule has 0 unspecified atom stereocenters. The third-order valence-electron chi connectivity index (χ3n) is 4.37. The minimum absolute atomic E-state index is 0.00588. The van der Waals surface area contributed by atoms with E-state index in [2.05, 4.69) is 15.5 Å². The molecule has 22 heavy (non-hydrogen) atoms. The van der Waals surface area contributed by atoms with Gasteiger partial charge >= 0.3 is 6.03 Å². The Balaban J connectivity index is 1.69. The van der Waals surface area contributed by atoms with Gasteiger partial charge in [-0.25, -0.2) is 4.79 Å². The van der Waals surface area contributed by atoms with Gasteiger partial charge in [-0.15, -0.1) is 0 Å². The summed E-state index contributed by atoms with van der Waals surface area (Å²) in [4.78, 5) is 14.5. The largest absolute Gasteiger partial charge is 0.357 e. The number of hydrogen-bond acceptors (Lipinski definition) is 2. The van der Waals surface area contributed by atoms with Crippen molar-refractivity contribution >= 4 is 6.03 Å². The molecular weight excluding hydrogens is 278 g/mol. The van der Waals surface area contributed by atoms with Gasteiger partial charge in [0.05, 0.1) is 11.7 Å². The van der Waals surface area contributed by atoms with Gasteiger partial charge in [-0.3, -0.25) is 5.10 Å². The zero-order valence-electron chi connectivity index (χ0n) is 13.4. The average molecular weight is 301 g/mol. The number of aryl methyl sites for hydroxylation is 3. The van der Waals surface area contributed by atoms with Crippen LogP contribution in [0.4, 0.5) is 4.79 Å². The summed E-state index contributed by atoms with van der Waals surface area (Å²) in [5, 5.41) is 10.3. The highest BCUT2D eigenvalue weighted by molar-refractivity contribution is 5.75. The van der Waals surface area contributed by atoms with Crippen LogP contribution < -0.4 is 5.32 Å². The standard InChI is InChI=1S/C16H23N5O/c1-11-15(12(2)19-18-11)14-5-4-7-21(14)16(22)17-9-13-6-8-20(3)10-13/h6,8,10,14H,4-5,7,9H2,1-3H3,(H,17,22)(H,18,19)/t14-/m1/s1. The molecule has 0 aromatic carbocycles. The Bertz CT molecular complexity index is 652. The second-order valence-corrected chi connectivity index (χ2v) is 6.04. The molecule has 1 fully saturated rings. The van der Waals surface area contributed by atoms with Gasteiger partial charge in [-0.2, -0.15) is 5.10 Å². The van der Waals surface area contributed by atoms with Crippen molar-refractivity contribution in [2.75, 3.05) is 6.54 Å². The number of carbonyl (C=O) groups excluding carboxylic acids is 1. The lowest BCUT2D eigenvalue weighted by atomic mass is 10.0. The van der Waals surface area contributed by atoms with Crippen LogP contribution in [0.15, 0.2) is 18.5 Å². The molecule has 1 aliphatic heterocycles. The Morgan fingerprint density at radius 3 is 2.95 bits per heavy atom. The van der Waals surface area contributed by atoms with E-state index >= 15 is 0 Å². The van der Waals surface area contributed by atoms with Crippen molar-refractivity contribution in [2.45, 2.75) is 39.3 Å². The Kier molecular flexibility index (Phi) is 3.92. The van der Waals surface area contributed by atoms with E-state index in [0.29, 0.717) is 6.54 Å². The maximum absolute atomic E-state index is 12.5. The number of nitrogens with zero attached hydrogens (tertiary/aromatic N) is 3. The minimum Gasteiger partial charge on any atom is -0.357 e. The molecule has 6 nitrogen and oxygen atoms in total. The van der Waals surface area contributed by atoms with E-state index in [4.69, 9.17) is 0 Å². The summed E-state index contributed by atoms with van der Waals surface area (Å²) in [6.45, 7) is 5.38. The predicted molar refractivity (Wildman–Crippen MR) is 84.4 cm³/mol. The van der Waals surface area contributed by atoms with Crippen LogP contribution in [0.3, 0.4) is 0 Å². The smallest absolute Gasteiger partial charge is 0.318 e. The minimum atomic E-state index is 0.00588. The lowest BCUT2D eigenvalue weighted by Gasteiger charge is -2.25. The maximum Gasteiger partial charge on any atom is 0.318 e. The van der Waals surface area contributed by atoms with E-state index < -0.39 is 0 Å². The van der Waals surface area contributed by atoms with E-state index in [1.807, 2.05) is 48.8 Å². The highest BCUT2D eigenvalue weighted by Crippen LogP contribution is 2.34. The molecule has 2 N–H and O–H groups in total. The summed E-state index contributed by atoms with van der Waals surface area (Å²) in [5.41, 5.74) is 4.34. The van der Waals surface area contributed by atoms with Crippen molar-refractivity contribution in [3.8, 4) is 0 Å². The van der Waals surface area contributed by atoms with Gasteiger partial charge in [0.15, 0.2) is 0 Å². The lowest BCUT2D eigenvalue weighted by molar-refractivity contribution is 0.192. The van der Waals surface area contributed by atoms with Crippen molar-refractivity contribution in [1.82, 2.24) is 25.0 Å². The molecule has 3 heterocycles. The zero-order chi connectivity index (χ0) is 15.7. The first-order chi connectivity index (χ1) is 10.6. The molecule has 2 amide bonds. The highest BCUT2D eigenvalue weighted by atomic mass is 16.2. The maximum atomic E-state index is 12.5. The van der Waals surface area contributed by atoms with Gasteiger partial charge in [0.25, 0.3) is 0 Å². The van der Waals surface area contributed by atoms with Gasteiger partial charge in [0.1, 0.15) is 0 Å². The summed E-state index contributed by atoms with van der Waals surface area (Å²) >= 11 is 0. The Morgan fingerprint density at radius 2 is 2.32 bits per heavy atom. The molecule has 0 aliphatic carbocycles. The van der Waals surface area contributed by atoms with Gasteiger partial charge in [-0.1, -0.05) is 0 Å². The number of nitrogens with one attached hydrogen (secondary N) is 2. The first-order valence-electron chi connectivity index (χ1n) is 7.73. The van der Waals surface area contributed by atoms with Gasteiger partial charge < -0.3 is 14.8 Å². The van der Waals surface area contributed by atoms with E-state index in [9.17, 15) is 4.79 Å². The number of aromatic amines is 1. The molecular formula is C16H23N5O. The summed E-state index contributed by atoms with van der Waals surface area (Å²) in [5.74, 6) is 0. The number of carbonyl (C=O) groups is 1. The van der Waals surface area contributed by atoms with Gasteiger partial charge in [0.2, 0.25) is 0 Å². The molecule has 0 bridgehead atoms. The van der Waals surface area contributed by atoms with Gasteiger partial charge in [-0.05, 0) is 38.3 Å². The number of likely N-dealkylation sites (tertiary alicyclic amines) is 1. The Hall–Kier alpha value is -2.24. The summed E-state index contributed by atoms with van der Waals surface area (Å²) in [6, 6.07) is 2.16. The van der Waals surface area contributed by atoms with E-state index in [1.165, 1.54) is 5.56 Å². The number of rotatable bonds is 3. The molecule has 1 saturated heterocycles. The zero-order valence-corrected chi connectivity index (χ0v) is 13.4. The predicted octanol–water partition coefficient (Wildman–Crippen LogP) is 2.41. The first-order valence-corrected chi connectivity index (χ1v) is 7.73. The number of urea groups is 1. The fourth-order valence-electron chi connectivity index (χ4n) is 3.31. The fourth-order valence-corrected chi connectivity index (χ4v) is 3.31. The van der Waals surface area contributed by atoms with Crippen LogP contribution in [0.1, 0.15) is 41.4 Å². The Morgan fingerprint density at radius 1 is 1.50 bits per heavy atom. The molecule has 2 aromatic heterocycles. The second kappa shape index (κ2) is 5.87. The number of amides is 2. The van der Waals surface area contributed by atoms with E-state index in [0.717, 1.165) is 36.3 Å². The quantitative estimate of drug-likeness (QED) is 0.914. The van der Waals surface area contributed by atoms with Crippen LogP contribution in [-0.4, -0.2) is 32.2 Å². The summed E-state index contributed by atoms with van der Waals surface area (Å²) in [6.07, 6.45) is 6.04. The second-order valence-electron chi connectivity index (χ2n) is 6.04. The SMILES string of the molecule is Cc1n[nH]c(C)c1[C@H]1CCCN1C(=O)NCc1ccn(C)c1. The molecule has 3 rings (SSSR count).